The van der Waals surface area contributed by atoms with E-state index in [1.54, 1.807) is 13.2 Å². The molecular formula is C21H15BrN2O4S. The predicted molar refractivity (Wildman–Crippen MR) is 115 cm³/mol. The Balaban J connectivity index is 1.36. The maximum absolute atomic E-state index is 12.0. The highest BCUT2D eigenvalue weighted by molar-refractivity contribution is 9.11. The van der Waals surface area contributed by atoms with Crippen molar-refractivity contribution in [3.63, 3.8) is 0 Å². The molecule has 29 heavy (non-hydrogen) atoms. The fourth-order valence-electron chi connectivity index (χ4n) is 2.66. The number of thiophene rings is 1. The van der Waals surface area contributed by atoms with Gasteiger partial charge in [-0.15, -0.1) is 21.5 Å². The van der Waals surface area contributed by atoms with Gasteiger partial charge in [0, 0.05) is 6.08 Å². The Bertz CT molecular complexity index is 1200. The number of halogens is 1. The van der Waals surface area contributed by atoms with E-state index < -0.39 is 5.97 Å². The number of benzene rings is 2. The van der Waals surface area contributed by atoms with E-state index in [1.165, 1.54) is 17.4 Å². The Morgan fingerprint density at radius 1 is 1.14 bits per heavy atom. The van der Waals surface area contributed by atoms with Crippen molar-refractivity contribution in [2.45, 2.75) is 6.61 Å². The highest BCUT2D eigenvalue weighted by atomic mass is 79.9. The second-order valence-corrected chi connectivity index (χ2v) is 8.48. The number of rotatable bonds is 6. The Labute approximate surface area is 178 Å². The van der Waals surface area contributed by atoms with Crippen molar-refractivity contribution in [2.75, 3.05) is 7.11 Å². The molecule has 2 heterocycles. The number of nitrogens with zero attached hydrogens (tertiary/aromatic N) is 2. The summed E-state index contributed by atoms with van der Waals surface area (Å²) in [6.45, 7) is -0.0831. The van der Waals surface area contributed by atoms with Crippen molar-refractivity contribution in [3.05, 3.63) is 69.8 Å². The SMILES string of the molecule is COc1ccc2cc(/C=C/C(=O)OCc3nnc(-c4ccc(Br)s4)o3)ccc2c1. The molecule has 146 valence electrons. The summed E-state index contributed by atoms with van der Waals surface area (Å²) in [6, 6.07) is 15.5. The zero-order valence-corrected chi connectivity index (χ0v) is 17.7. The molecule has 0 fully saturated rings. The quantitative estimate of drug-likeness (QED) is 0.274. The van der Waals surface area contributed by atoms with Gasteiger partial charge in [0.05, 0.1) is 15.8 Å². The molecule has 2 aromatic carbocycles. The second-order valence-electron chi connectivity index (χ2n) is 6.02. The van der Waals surface area contributed by atoms with Crippen molar-refractivity contribution >= 4 is 50.1 Å². The van der Waals surface area contributed by atoms with Gasteiger partial charge in [-0.05, 0) is 68.7 Å². The first kappa shape index (κ1) is 19.4. The smallest absolute Gasteiger partial charge is 0.331 e. The van der Waals surface area contributed by atoms with Gasteiger partial charge in [-0.3, -0.25) is 0 Å². The highest BCUT2D eigenvalue weighted by Crippen LogP contribution is 2.30. The lowest BCUT2D eigenvalue weighted by Crippen LogP contribution is -2.00. The third-order valence-corrected chi connectivity index (χ3v) is 5.68. The van der Waals surface area contributed by atoms with Gasteiger partial charge < -0.3 is 13.9 Å². The van der Waals surface area contributed by atoms with Gasteiger partial charge in [-0.25, -0.2) is 4.79 Å². The fraction of sp³-hybridized carbons (Fsp3) is 0.0952. The lowest BCUT2D eigenvalue weighted by Gasteiger charge is -2.03. The van der Waals surface area contributed by atoms with Gasteiger partial charge in [0.15, 0.2) is 6.61 Å². The molecule has 0 spiro atoms. The summed E-state index contributed by atoms with van der Waals surface area (Å²) >= 11 is 4.87. The summed E-state index contributed by atoms with van der Waals surface area (Å²) in [6.07, 6.45) is 3.08. The third-order valence-electron chi connectivity index (χ3n) is 4.07. The minimum absolute atomic E-state index is 0.0831. The van der Waals surface area contributed by atoms with E-state index in [2.05, 4.69) is 26.1 Å². The van der Waals surface area contributed by atoms with Crippen LogP contribution in [0, 0.1) is 0 Å². The number of hydrogen-bond acceptors (Lipinski definition) is 7. The van der Waals surface area contributed by atoms with Crippen LogP contribution in [0.5, 0.6) is 5.75 Å². The Morgan fingerprint density at radius 2 is 1.97 bits per heavy atom. The van der Waals surface area contributed by atoms with E-state index in [1.807, 2.05) is 48.5 Å². The van der Waals surface area contributed by atoms with Crippen LogP contribution in [0.1, 0.15) is 11.5 Å². The molecule has 4 rings (SSSR count). The summed E-state index contributed by atoms with van der Waals surface area (Å²) in [5.74, 6) is 0.958. The monoisotopic (exact) mass is 470 g/mol. The Morgan fingerprint density at radius 3 is 2.76 bits per heavy atom. The summed E-state index contributed by atoms with van der Waals surface area (Å²) in [4.78, 5) is 12.8. The predicted octanol–water partition coefficient (Wildman–Crippen LogP) is 5.48. The number of methoxy groups -OCH3 is 1. The third kappa shape index (κ3) is 4.72. The van der Waals surface area contributed by atoms with Crippen molar-refractivity contribution in [1.29, 1.82) is 0 Å². The Hall–Kier alpha value is -2.97. The molecule has 0 N–H and O–H groups in total. The van der Waals surface area contributed by atoms with Crippen LogP contribution < -0.4 is 4.74 Å². The molecule has 0 atom stereocenters. The molecule has 0 aliphatic heterocycles. The second kappa shape index (κ2) is 8.59. The van der Waals surface area contributed by atoms with Gasteiger partial charge in [-0.2, -0.15) is 0 Å². The maximum Gasteiger partial charge on any atom is 0.331 e. The first-order valence-electron chi connectivity index (χ1n) is 8.61. The average molecular weight is 471 g/mol. The van der Waals surface area contributed by atoms with Crippen LogP contribution in [-0.4, -0.2) is 23.3 Å². The van der Waals surface area contributed by atoms with Gasteiger partial charge in [0.2, 0.25) is 0 Å². The number of fused-ring (bicyclic) bond motifs is 1. The number of hydrogen-bond donors (Lipinski definition) is 0. The van der Waals surface area contributed by atoms with Crippen LogP contribution in [0.15, 0.2) is 62.8 Å². The molecule has 0 aliphatic carbocycles. The lowest BCUT2D eigenvalue weighted by atomic mass is 10.1. The van der Waals surface area contributed by atoms with Crippen LogP contribution in [0.2, 0.25) is 0 Å². The van der Waals surface area contributed by atoms with Gasteiger partial charge in [-0.1, -0.05) is 18.2 Å². The topological polar surface area (TPSA) is 74.5 Å². The number of carbonyl (C=O) groups is 1. The highest BCUT2D eigenvalue weighted by Gasteiger charge is 2.11. The van der Waals surface area contributed by atoms with E-state index in [0.29, 0.717) is 5.89 Å². The lowest BCUT2D eigenvalue weighted by molar-refractivity contribution is -0.139. The minimum Gasteiger partial charge on any atom is -0.497 e. The molecule has 0 amide bonds. The number of ether oxygens (including phenoxy) is 2. The van der Waals surface area contributed by atoms with Crippen molar-refractivity contribution < 1.29 is 18.7 Å². The molecule has 6 nitrogen and oxygen atoms in total. The number of aromatic nitrogens is 2. The van der Waals surface area contributed by atoms with Crippen LogP contribution in [0.3, 0.4) is 0 Å². The average Bonchev–Trinajstić information content (AvgIpc) is 3.39. The van der Waals surface area contributed by atoms with Crippen LogP contribution in [0.4, 0.5) is 0 Å². The Kier molecular flexibility index (Phi) is 5.73. The molecule has 0 radical (unpaired) electrons. The summed E-state index contributed by atoms with van der Waals surface area (Å²) in [5, 5.41) is 9.99. The van der Waals surface area contributed by atoms with E-state index >= 15 is 0 Å². The van der Waals surface area contributed by atoms with Crippen molar-refractivity contribution in [2.24, 2.45) is 0 Å². The maximum atomic E-state index is 12.0. The summed E-state index contributed by atoms with van der Waals surface area (Å²) in [7, 11) is 1.64. The van der Waals surface area contributed by atoms with E-state index in [9.17, 15) is 4.79 Å². The normalized spacial score (nSPS) is 11.2. The standard InChI is InChI=1S/C21H15BrN2O4S/c1-26-16-6-5-14-10-13(2-4-15(14)11-16)3-9-20(25)27-12-19-23-24-21(28-19)17-7-8-18(22)29-17/h2-11H,12H2,1H3/b9-3+. The van der Waals surface area contributed by atoms with E-state index in [-0.39, 0.29) is 12.5 Å². The molecule has 0 bridgehead atoms. The first-order valence-corrected chi connectivity index (χ1v) is 10.2. The molecule has 0 saturated carbocycles. The molecule has 2 aromatic heterocycles. The molecule has 4 aromatic rings. The van der Waals surface area contributed by atoms with Crippen LogP contribution in [0.25, 0.3) is 27.6 Å². The van der Waals surface area contributed by atoms with Gasteiger partial charge >= 0.3 is 5.97 Å². The van der Waals surface area contributed by atoms with E-state index in [0.717, 1.165) is 30.7 Å². The van der Waals surface area contributed by atoms with Gasteiger partial charge in [0.25, 0.3) is 11.8 Å². The number of carbonyl (C=O) groups excluding carboxylic acids is 1. The summed E-state index contributed by atoms with van der Waals surface area (Å²) < 4.78 is 16.9. The first-order chi connectivity index (χ1) is 14.1. The molecule has 0 aliphatic rings. The summed E-state index contributed by atoms with van der Waals surface area (Å²) in [5.41, 5.74) is 0.892. The van der Waals surface area contributed by atoms with Crippen molar-refractivity contribution in [1.82, 2.24) is 10.2 Å². The molecular weight excluding hydrogens is 456 g/mol. The van der Waals surface area contributed by atoms with Crippen LogP contribution in [-0.2, 0) is 16.1 Å². The molecule has 0 saturated heterocycles. The fourth-order valence-corrected chi connectivity index (χ4v) is 3.97. The minimum atomic E-state index is -0.488. The van der Waals surface area contributed by atoms with E-state index in [4.69, 9.17) is 13.9 Å². The van der Waals surface area contributed by atoms with Gasteiger partial charge in [0.1, 0.15) is 5.75 Å². The number of esters is 1. The van der Waals surface area contributed by atoms with Crippen LogP contribution >= 0.6 is 27.3 Å². The zero-order valence-electron chi connectivity index (χ0n) is 15.3. The zero-order chi connectivity index (χ0) is 20.2. The largest absolute Gasteiger partial charge is 0.497 e. The van der Waals surface area contributed by atoms with Crippen molar-refractivity contribution in [3.8, 4) is 16.5 Å². The molecule has 8 heteroatoms. The molecule has 0 unspecified atom stereocenters.